The largest absolute Gasteiger partial charge is 0.316 e. The minimum atomic E-state index is 0.00125. The fourth-order valence-corrected chi connectivity index (χ4v) is 2.16. The molecular formula is C11H12N2OS. The number of aromatic nitrogens is 1. The second kappa shape index (κ2) is 4.42. The average molecular weight is 220 g/mol. The first kappa shape index (κ1) is 10.1. The molecule has 0 atom stereocenters. The fraction of sp³-hybridized carbons (Fsp3) is 0.182. The molecule has 0 unspecified atom stereocenters. The van der Waals surface area contributed by atoms with Crippen molar-refractivity contribution in [1.29, 1.82) is 0 Å². The highest BCUT2D eigenvalue weighted by atomic mass is 32.1. The third kappa shape index (κ3) is 2.34. The standard InChI is InChI=1S/C11H12N2OS/c1-12-6-2-3-8-4-5-9-10(7-8)15-11(14)13-9/h2-5,7,12H,6H2,1H3,(H,13,14). The highest BCUT2D eigenvalue weighted by molar-refractivity contribution is 7.16. The molecular weight excluding hydrogens is 208 g/mol. The summed E-state index contributed by atoms with van der Waals surface area (Å²) in [4.78, 5) is 13.9. The number of hydrogen-bond acceptors (Lipinski definition) is 3. The van der Waals surface area contributed by atoms with Gasteiger partial charge in [0.1, 0.15) is 0 Å². The lowest BCUT2D eigenvalue weighted by atomic mass is 10.2. The highest BCUT2D eigenvalue weighted by Crippen LogP contribution is 2.16. The number of H-pyrrole nitrogens is 1. The number of benzene rings is 1. The maximum atomic E-state index is 11.1. The first-order valence-corrected chi connectivity index (χ1v) is 5.55. The van der Waals surface area contributed by atoms with E-state index < -0.39 is 0 Å². The van der Waals surface area contributed by atoms with Gasteiger partial charge in [0.15, 0.2) is 0 Å². The van der Waals surface area contributed by atoms with Gasteiger partial charge in [-0.05, 0) is 24.7 Å². The summed E-state index contributed by atoms with van der Waals surface area (Å²) in [5, 5.41) is 3.04. The summed E-state index contributed by atoms with van der Waals surface area (Å²) in [6.07, 6.45) is 4.09. The Morgan fingerprint density at radius 3 is 3.20 bits per heavy atom. The van der Waals surface area contributed by atoms with E-state index in [2.05, 4.69) is 16.4 Å². The molecule has 3 nitrogen and oxygen atoms in total. The van der Waals surface area contributed by atoms with E-state index in [1.165, 1.54) is 11.3 Å². The van der Waals surface area contributed by atoms with E-state index in [9.17, 15) is 4.79 Å². The van der Waals surface area contributed by atoms with Gasteiger partial charge in [0.2, 0.25) is 0 Å². The van der Waals surface area contributed by atoms with Crippen molar-refractivity contribution in [3.63, 3.8) is 0 Å². The van der Waals surface area contributed by atoms with Gasteiger partial charge < -0.3 is 10.3 Å². The molecule has 1 aromatic heterocycles. The van der Waals surface area contributed by atoms with E-state index in [-0.39, 0.29) is 4.87 Å². The van der Waals surface area contributed by atoms with Gasteiger partial charge in [-0.2, -0.15) is 0 Å². The van der Waals surface area contributed by atoms with Crippen LogP contribution in [0.2, 0.25) is 0 Å². The highest BCUT2D eigenvalue weighted by Gasteiger charge is 1.98. The molecule has 1 heterocycles. The minimum Gasteiger partial charge on any atom is -0.316 e. The smallest absolute Gasteiger partial charge is 0.305 e. The maximum Gasteiger partial charge on any atom is 0.305 e. The topological polar surface area (TPSA) is 44.9 Å². The molecule has 0 aliphatic heterocycles. The summed E-state index contributed by atoms with van der Waals surface area (Å²) in [6.45, 7) is 0.849. The van der Waals surface area contributed by atoms with E-state index in [4.69, 9.17) is 0 Å². The van der Waals surface area contributed by atoms with Crippen molar-refractivity contribution in [2.24, 2.45) is 0 Å². The first-order valence-electron chi connectivity index (χ1n) is 4.73. The van der Waals surface area contributed by atoms with Gasteiger partial charge in [-0.3, -0.25) is 4.79 Å². The molecule has 2 rings (SSSR count). The Labute approximate surface area is 91.5 Å². The second-order valence-electron chi connectivity index (χ2n) is 3.23. The van der Waals surface area contributed by atoms with Crippen LogP contribution < -0.4 is 10.2 Å². The molecule has 1 aromatic carbocycles. The number of likely N-dealkylation sites (N-methyl/N-ethyl adjacent to an activating group) is 1. The van der Waals surface area contributed by atoms with Gasteiger partial charge in [0, 0.05) is 6.54 Å². The van der Waals surface area contributed by atoms with Crippen molar-refractivity contribution in [2.45, 2.75) is 0 Å². The van der Waals surface area contributed by atoms with Gasteiger partial charge in [-0.1, -0.05) is 29.6 Å². The predicted octanol–water partition coefficient (Wildman–Crippen LogP) is 1.82. The Morgan fingerprint density at radius 2 is 2.40 bits per heavy atom. The SMILES string of the molecule is CNCC=Cc1ccc2[nH]c(=O)sc2c1. The zero-order valence-corrected chi connectivity index (χ0v) is 9.23. The summed E-state index contributed by atoms with van der Waals surface area (Å²) < 4.78 is 1.01. The lowest BCUT2D eigenvalue weighted by Gasteiger charge is -1.93. The summed E-state index contributed by atoms with van der Waals surface area (Å²) in [7, 11) is 1.91. The van der Waals surface area contributed by atoms with Crippen molar-refractivity contribution in [3.05, 3.63) is 39.5 Å². The van der Waals surface area contributed by atoms with Crippen LogP contribution in [0.1, 0.15) is 5.56 Å². The van der Waals surface area contributed by atoms with Gasteiger partial charge >= 0.3 is 4.87 Å². The number of thiazole rings is 1. The Balaban J connectivity index is 2.34. The van der Waals surface area contributed by atoms with Gasteiger partial charge in [-0.25, -0.2) is 0 Å². The zero-order chi connectivity index (χ0) is 10.7. The van der Waals surface area contributed by atoms with E-state index in [0.717, 1.165) is 22.3 Å². The van der Waals surface area contributed by atoms with Crippen LogP contribution in [0.4, 0.5) is 0 Å². The molecule has 0 amide bonds. The number of hydrogen-bond donors (Lipinski definition) is 2. The molecule has 0 saturated heterocycles. The average Bonchev–Trinajstić information content (AvgIpc) is 2.57. The monoisotopic (exact) mass is 220 g/mol. The molecule has 0 saturated carbocycles. The predicted molar refractivity (Wildman–Crippen MR) is 65.4 cm³/mol. The van der Waals surface area contributed by atoms with Crippen LogP contribution in [-0.4, -0.2) is 18.6 Å². The number of nitrogens with one attached hydrogen (secondary N) is 2. The summed E-state index contributed by atoms with van der Waals surface area (Å²) in [5.74, 6) is 0. The van der Waals surface area contributed by atoms with Crippen LogP contribution >= 0.6 is 11.3 Å². The third-order valence-corrected chi connectivity index (χ3v) is 2.92. The molecule has 0 bridgehead atoms. The van der Waals surface area contributed by atoms with Gasteiger partial charge in [0.25, 0.3) is 0 Å². The van der Waals surface area contributed by atoms with Crippen molar-refractivity contribution < 1.29 is 0 Å². The Hall–Kier alpha value is -1.39. The van der Waals surface area contributed by atoms with Gasteiger partial charge in [-0.15, -0.1) is 0 Å². The van der Waals surface area contributed by atoms with Crippen molar-refractivity contribution in [1.82, 2.24) is 10.3 Å². The van der Waals surface area contributed by atoms with Gasteiger partial charge in [0.05, 0.1) is 10.2 Å². The lowest BCUT2D eigenvalue weighted by Crippen LogP contribution is -2.03. The summed E-state index contributed by atoms with van der Waals surface area (Å²) >= 11 is 1.24. The Morgan fingerprint density at radius 1 is 1.53 bits per heavy atom. The molecule has 2 N–H and O–H groups in total. The van der Waals surface area contributed by atoms with Crippen LogP contribution in [0.15, 0.2) is 29.1 Å². The summed E-state index contributed by atoms with van der Waals surface area (Å²) in [6, 6.07) is 5.95. The van der Waals surface area contributed by atoms with Crippen LogP contribution in [0.3, 0.4) is 0 Å². The van der Waals surface area contributed by atoms with Crippen LogP contribution in [0.25, 0.3) is 16.3 Å². The quantitative estimate of drug-likeness (QED) is 0.828. The normalized spacial score (nSPS) is 11.5. The van der Waals surface area contributed by atoms with Crippen LogP contribution in [0, 0.1) is 0 Å². The minimum absolute atomic E-state index is 0.00125. The van der Waals surface area contributed by atoms with E-state index in [1.54, 1.807) is 0 Å². The van der Waals surface area contributed by atoms with Crippen molar-refractivity contribution in [3.8, 4) is 0 Å². The molecule has 0 spiro atoms. The molecule has 4 heteroatoms. The van der Waals surface area contributed by atoms with E-state index >= 15 is 0 Å². The maximum absolute atomic E-state index is 11.1. The van der Waals surface area contributed by atoms with Crippen LogP contribution in [0.5, 0.6) is 0 Å². The van der Waals surface area contributed by atoms with Crippen molar-refractivity contribution >= 4 is 27.6 Å². The molecule has 0 aliphatic carbocycles. The number of rotatable bonds is 3. The van der Waals surface area contributed by atoms with Crippen LogP contribution in [-0.2, 0) is 0 Å². The van der Waals surface area contributed by atoms with E-state index in [1.807, 2.05) is 31.3 Å². The molecule has 2 aromatic rings. The molecule has 15 heavy (non-hydrogen) atoms. The number of aromatic amines is 1. The first-order chi connectivity index (χ1) is 7.29. The Kier molecular flexibility index (Phi) is 2.99. The lowest BCUT2D eigenvalue weighted by molar-refractivity contribution is 0.922. The van der Waals surface area contributed by atoms with Crippen molar-refractivity contribution in [2.75, 3.05) is 13.6 Å². The molecule has 78 valence electrons. The summed E-state index contributed by atoms with van der Waals surface area (Å²) in [5.41, 5.74) is 2.03. The fourth-order valence-electron chi connectivity index (χ4n) is 1.38. The molecule has 0 fully saturated rings. The number of fused-ring (bicyclic) bond motifs is 1. The molecule has 0 aliphatic rings. The molecule has 0 radical (unpaired) electrons. The third-order valence-electron chi connectivity index (χ3n) is 2.08. The zero-order valence-electron chi connectivity index (χ0n) is 8.41. The van der Waals surface area contributed by atoms with E-state index in [0.29, 0.717) is 0 Å². The second-order valence-corrected chi connectivity index (χ2v) is 4.24. The Bertz CT molecular complexity index is 539.